The Morgan fingerprint density at radius 2 is 1.68 bits per heavy atom. The topological polar surface area (TPSA) is 105 Å². The Kier molecular flexibility index (Phi) is 8.19. The van der Waals surface area contributed by atoms with Gasteiger partial charge in [-0.15, -0.1) is 0 Å². The molecule has 8 nitrogen and oxygen atoms in total. The van der Waals surface area contributed by atoms with Crippen molar-refractivity contribution in [3.8, 4) is 5.69 Å². The van der Waals surface area contributed by atoms with Crippen LogP contribution in [0.4, 0.5) is 24.5 Å². The Morgan fingerprint density at radius 1 is 1.00 bits per heavy atom. The Balaban J connectivity index is 2.13. The summed E-state index contributed by atoms with van der Waals surface area (Å²) in [6.45, 7) is 4.91. The summed E-state index contributed by atoms with van der Waals surface area (Å²) in [5.41, 5.74) is -1.23. The highest BCUT2D eigenvalue weighted by atomic mass is 35.5. The molecule has 1 aromatic heterocycles. The number of aromatic nitrogens is 2. The van der Waals surface area contributed by atoms with Gasteiger partial charge in [0, 0.05) is 29.7 Å². The van der Waals surface area contributed by atoms with Crippen LogP contribution < -0.4 is 16.0 Å². The normalized spacial score (nSPS) is 11.4. The van der Waals surface area contributed by atoms with Gasteiger partial charge in [-0.2, -0.15) is 18.3 Å². The third-order valence-corrected chi connectivity index (χ3v) is 5.75. The van der Waals surface area contributed by atoms with Crippen LogP contribution >= 0.6 is 23.2 Å². The van der Waals surface area contributed by atoms with Crippen molar-refractivity contribution in [2.75, 3.05) is 17.7 Å². The van der Waals surface area contributed by atoms with Crippen LogP contribution in [0.25, 0.3) is 5.69 Å². The number of anilines is 2. The molecule has 3 N–H and O–H groups in total. The van der Waals surface area contributed by atoms with Gasteiger partial charge in [0.05, 0.1) is 22.0 Å². The molecule has 0 unspecified atom stereocenters. The average molecular weight is 556 g/mol. The molecule has 13 heteroatoms. The summed E-state index contributed by atoms with van der Waals surface area (Å²) in [5.74, 6) is -2.25. The van der Waals surface area contributed by atoms with Gasteiger partial charge in [0.1, 0.15) is 5.69 Å². The molecule has 0 aliphatic carbocycles. The number of hydrogen-bond donors (Lipinski definition) is 3. The van der Waals surface area contributed by atoms with Crippen molar-refractivity contribution >= 4 is 52.3 Å². The fraction of sp³-hybridized carbons (Fsp3) is 0.250. The summed E-state index contributed by atoms with van der Waals surface area (Å²) in [6, 6.07) is 7.49. The van der Waals surface area contributed by atoms with Gasteiger partial charge < -0.3 is 16.0 Å². The fourth-order valence-corrected chi connectivity index (χ4v) is 3.78. The summed E-state index contributed by atoms with van der Waals surface area (Å²) in [7, 11) is 1.38. The summed E-state index contributed by atoms with van der Waals surface area (Å²) in [5, 5.41) is 11.3. The van der Waals surface area contributed by atoms with Crippen molar-refractivity contribution in [2.24, 2.45) is 5.92 Å². The molecule has 0 bridgehead atoms. The molecule has 37 heavy (non-hydrogen) atoms. The first-order chi connectivity index (χ1) is 17.2. The van der Waals surface area contributed by atoms with E-state index in [0.29, 0.717) is 11.6 Å². The Hall–Kier alpha value is -3.57. The second-order valence-corrected chi connectivity index (χ2v) is 9.16. The molecule has 0 saturated carbocycles. The van der Waals surface area contributed by atoms with E-state index in [4.69, 9.17) is 23.2 Å². The predicted molar refractivity (Wildman–Crippen MR) is 135 cm³/mol. The molecule has 3 amide bonds. The van der Waals surface area contributed by atoms with E-state index in [9.17, 15) is 27.6 Å². The SMILES string of the molecule is CNC(=O)c1cc(Cl)cc(C)c1NC(=O)c1cc(C(F)(F)F)nn1-c1cc(NC(=O)C(C)C)ccc1Cl. The van der Waals surface area contributed by atoms with E-state index < -0.39 is 29.4 Å². The largest absolute Gasteiger partial charge is 0.435 e. The van der Waals surface area contributed by atoms with Gasteiger partial charge in [0.2, 0.25) is 5.91 Å². The number of benzene rings is 2. The molecule has 0 radical (unpaired) electrons. The lowest BCUT2D eigenvalue weighted by atomic mass is 10.1. The number of carbonyl (C=O) groups excluding carboxylic acids is 3. The van der Waals surface area contributed by atoms with Crippen LogP contribution in [0.3, 0.4) is 0 Å². The van der Waals surface area contributed by atoms with Crippen LogP contribution in [0.5, 0.6) is 0 Å². The van der Waals surface area contributed by atoms with Gasteiger partial charge >= 0.3 is 6.18 Å². The standard InChI is InChI=1S/C24H22Cl2F3N5O3/c1-11(2)21(35)31-14-5-6-16(26)17(9-14)34-18(10-19(33-34)24(27,28)29)23(37)32-20-12(3)7-13(25)8-15(20)22(36)30-4/h5-11H,1-4H3,(H,30,36)(H,31,35)(H,32,37). The molecule has 2 aromatic carbocycles. The third-order valence-electron chi connectivity index (χ3n) is 5.21. The zero-order chi connectivity index (χ0) is 27.7. The van der Waals surface area contributed by atoms with Gasteiger partial charge in [-0.1, -0.05) is 37.0 Å². The van der Waals surface area contributed by atoms with Crippen LogP contribution in [0.2, 0.25) is 10.0 Å². The number of rotatable bonds is 6. The molecule has 3 aromatic rings. The number of amides is 3. The molecule has 0 spiro atoms. The molecule has 0 aliphatic heterocycles. The molecule has 0 saturated heterocycles. The lowest BCUT2D eigenvalue weighted by Crippen LogP contribution is -2.23. The number of alkyl halides is 3. The van der Waals surface area contributed by atoms with Gasteiger partial charge in [-0.05, 0) is 42.8 Å². The van der Waals surface area contributed by atoms with Gasteiger partial charge in [-0.25, -0.2) is 4.68 Å². The number of aryl methyl sites for hydroxylation is 1. The number of hydrogen-bond acceptors (Lipinski definition) is 4. The summed E-state index contributed by atoms with van der Waals surface area (Å²) >= 11 is 12.3. The van der Waals surface area contributed by atoms with Gasteiger partial charge in [-0.3, -0.25) is 14.4 Å². The van der Waals surface area contributed by atoms with E-state index in [0.717, 1.165) is 4.68 Å². The van der Waals surface area contributed by atoms with E-state index in [1.165, 1.54) is 37.4 Å². The van der Waals surface area contributed by atoms with Crippen LogP contribution in [-0.4, -0.2) is 34.5 Å². The Morgan fingerprint density at radius 3 is 2.27 bits per heavy atom. The predicted octanol–water partition coefficient (Wildman–Crippen LogP) is 5.71. The van der Waals surface area contributed by atoms with Crippen LogP contribution in [0.1, 0.15) is 46.0 Å². The quantitative estimate of drug-likeness (QED) is 0.362. The first-order valence-corrected chi connectivity index (χ1v) is 11.6. The van der Waals surface area contributed by atoms with E-state index in [1.54, 1.807) is 20.8 Å². The van der Waals surface area contributed by atoms with E-state index >= 15 is 0 Å². The van der Waals surface area contributed by atoms with Crippen molar-refractivity contribution in [3.05, 3.63) is 69.0 Å². The lowest BCUT2D eigenvalue weighted by molar-refractivity contribution is -0.141. The zero-order valence-electron chi connectivity index (χ0n) is 20.1. The minimum absolute atomic E-state index is 0.0133. The van der Waals surface area contributed by atoms with Crippen molar-refractivity contribution in [1.82, 2.24) is 15.1 Å². The molecular formula is C24H22Cl2F3N5O3. The highest BCUT2D eigenvalue weighted by Gasteiger charge is 2.36. The smallest absolute Gasteiger partial charge is 0.355 e. The second-order valence-electron chi connectivity index (χ2n) is 8.31. The van der Waals surface area contributed by atoms with Crippen LogP contribution in [0, 0.1) is 12.8 Å². The molecule has 0 aliphatic rings. The lowest BCUT2D eigenvalue weighted by Gasteiger charge is -2.15. The Bertz CT molecular complexity index is 1390. The molecule has 1 heterocycles. The Labute approximate surface area is 220 Å². The van der Waals surface area contributed by atoms with Gasteiger partial charge in [0.25, 0.3) is 11.8 Å². The molecule has 3 rings (SSSR count). The monoisotopic (exact) mass is 555 g/mol. The second kappa shape index (κ2) is 10.8. The molecular weight excluding hydrogens is 534 g/mol. The maximum absolute atomic E-state index is 13.6. The zero-order valence-corrected chi connectivity index (χ0v) is 21.6. The van der Waals surface area contributed by atoms with Crippen molar-refractivity contribution in [3.63, 3.8) is 0 Å². The highest BCUT2D eigenvalue weighted by molar-refractivity contribution is 6.32. The first kappa shape index (κ1) is 28.0. The summed E-state index contributed by atoms with van der Waals surface area (Å²) in [4.78, 5) is 37.8. The number of halogens is 5. The summed E-state index contributed by atoms with van der Waals surface area (Å²) in [6.07, 6.45) is -4.88. The summed E-state index contributed by atoms with van der Waals surface area (Å²) < 4.78 is 41.5. The van der Waals surface area contributed by atoms with E-state index in [1.807, 2.05) is 0 Å². The van der Waals surface area contributed by atoms with Gasteiger partial charge in [0.15, 0.2) is 5.69 Å². The fourth-order valence-electron chi connectivity index (χ4n) is 3.30. The average Bonchev–Trinajstić information content (AvgIpc) is 3.27. The number of carbonyl (C=O) groups is 3. The van der Waals surface area contributed by atoms with Crippen LogP contribution in [-0.2, 0) is 11.0 Å². The van der Waals surface area contributed by atoms with Crippen molar-refractivity contribution in [1.29, 1.82) is 0 Å². The maximum Gasteiger partial charge on any atom is 0.435 e. The first-order valence-electron chi connectivity index (χ1n) is 10.8. The minimum Gasteiger partial charge on any atom is -0.355 e. The van der Waals surface area contributed by atoms with Crippen molar-refractivity contribution < 1.29 is 27.6 Å². The number of nitrogens with one attached hydrogen (secondary N) is 3. The van der Waals surface area contributed by atoms with Crippen molar-refractivity contribution in [2.45, 2.75) is 26.9 Å². The van der Waals surface area contributed by atoms with E-state index in [2.05, 4.69) is 21.0 Å². The third kappa shape index (κ3) is 6.23. The molecule has 0 fully saturated rings. The molecule has 0 atom stereocenters. The number of nitrogens with zero attached hydrogens (tertiary/aromatic N) is 2. The highest BCUT2D eigenvalue weighted by Crippen LogP contribution is 2.33. The van der Waals surface area contributed by atoms with E-state index in [-0.39, 0.29) is 44.5 Å². The minimum atomic E-state index is -4.88. The van der Waals surface area contributed by atoms with Crippen LogP contribution in [0.15, 0.2) is 36.4 Å². The maximum atomic E-state index is 13.6. The molecule has 196 valence electrons.